The molecule has 1 N–H and O–H groups in total. The van der Waals surface area contributed by atoms with Gasteiger partial charge >= 0.3 is 0 Å². The van der Waals surface area contributed by atoms with Crippen LogP contribution in [0.5, 0.6) is 0 Å². The third-order valence-electron chi connectivity index (χ3n) is 3.62. The monoisotopic (exact) mass is 226 g/mol. The Morgan fingerprint density at radius 3 is 2.62 bits per heavy atom. The quantitative estimate of drug-likeness (QED) is 0.772. The molecule has 3 heteroatoms. The van der Waals surface area contributed by atoms with Crippen molar-refractivity contribution < 1.29 is 4.74 Å². The first-order valence-corrected chi connectivity index (χ1v) is 6.66. The fourth-order valence-corrected chi connectivity index (χ4v) is 3.15. The van der Waals surface area contributed by atoms with E-state index in [9.17, 15) is 0 Å². The summed E-state index contributed by atoms with van der Waals surface area (Å²) in [4.78, 5) is 2.60. The van der Waals surface area contributed by atoms with Gasteiger partial charge in [0.2, 0.25) is 0 Å². The molecule has 3 nitrogen and oxygen atoms in total. The Labute approximate surface area is 99.5 Å². The van der Waals surface area contributed by atoms with Crippen LogP contribution < -0.4 is 5.32 Å². The van der Waals surface area contributed by atoms with Crippen LogP contribution in [-0.2, 0) is 4.74 Å². The van der Waals surface area contributed by atoms with Crippen LogP contribution in [0.15, 0.2) is 0 Å². The van der Waals surface area contributed by atoms with E-state index in [4.69, 9.17) is 4.74 Å². The molecule has 2 aliphatic rings. The van der Waals surface area contributed by atoms with Gasteiger partial charge in [-0.15, -0.1) is 0 Å². The molecule has 1 atom stereocenters. The summed E-state index contributed by atoms with van der Waals surface area (Å²) in [6.45, 7) is 12.5. The lowest BCUT2D eigenvalue weighted by Crippen LogP contribution is -2.53. The molecule has 0 aliphatic carbocycles. The smallest absolute Gasteiger partial charge is 0.0757 e. The molecule has 0 aromatic heterocycles. The lowest BCUT2D eigenvalue weighted by molar-refractivity contribution is -0.131. The van der Waals surface area contributed by atoms with Crippen LogP contribution >= 0.6 is 0 Å². The van der Waals surface area contributed by atoms with E-state index in [2.05, 4.69) is 31.0 Å². The second-order valence-corrected chi connectivity index (χ2v) is 6.08. The maximum absolute atomic E-state index is 5.94. The van der Waals surface area contributed by atoms with E-state index in [-0.39, 0.29) is 5.60 Å². The maximum atomic E-state index is 5.94. The van der Waals surface area contributed by atoms with E-state index < -0.39 is 0 Å². The van der Waals surface area contributed by atoms with Gasteiger partial charge in [-0.1, -0.05) is 0 Å². The van der Waals surface area contributed by atoms with Crippen molar-refractivity contribution in [1.82, 2.24) is 10.2 Å². The second kappa shape index (κ2) is 5.03. The van der Waals surface area contributed by atoms with Gasteiger partial charge in [0.05, 0.1) is 11.7 Å². The molecule has 0 aromatic rings. The van der Waals surface area contributed by atoms with Crippen LogP contribution in [0.2, 0.25) is 0 Å². The molecule has 0 bridgehead atoms. The van der Waals surface area contributed by atoms with Gasteiger partial charge in [-0.25, -0.2) is 0 Å². The predicted octanol–water partition coefficient (Wildman–Crippen LogP) is 1.49. The van der Waals surface area contributed by atoms with E-state index in [0.29, 0.717) is 6.10 Å². The van der Waals surface area contributed by atoms with Crippen LogP contribution in [0.3, 0.4) is 0 Å². The molecule has 2 aliphatic heterocycles. The van der Waals surface area contributed by atoms with E-state index in [0.717, 1.165) is 19.0 Å². The van der Waals surface area contributed by atoms with Gasteiger partial charge in [0.25, 0.3) is 0 Å². The molecular formula is C13H26N2O. The van der Waals surface area contributed by atoms with E-state index in [1.54, 1.807) is 0 Å². The highest BCUT2D eigenvalue weighted by atomic mass is 16.5. The first-order chi connectivity index (χ1) is 7.55. The van der Waals surface area contributed by atoms with Crippen LogP contribution in [-0.4, -0.2) is 49.3 Å². The summed E-state index contributed by atoms with van der Waals surface area (Å²) in [7, 11) is 0. The van der Waals surface area contributed by atoms with Gasteiger partial charge in [0, 0.05) is 19.6 Å². The maximum Gasteiger partial charge on any atom is 0.0757 e. The SMILES string of the molecule is CC1CN(CC2CCNCC2)CC(C)(C)O1. The Morgan fingerprint density at radius 2 is 2.00 bits per heavy atom. The molecule has 2 heterocycles. The lowest BCUT2D eigenvalue weighted by atomic mass is 9.96. The topological polar surface area (TPSA) is 24.5 Å². The number of rotatable bonds is 2. The van der Waals surface area contributed by atoms with Crippen molar-refractivity contribution in [3.05, 3.63) is 0 Å². The van der Waals surface area contributed by atoms with Gasteiger partial charge in [0.1, 0.15) is 0 Å². The van der Waals surface area contributed by atoms with E-state index in [1.807, 2.05) is 0 Å². The van der Waals surface area contributed by atoms with Crippen molar-refractivity contribution >= 4 is 0 Å². The molecule has 0 spiro atoms. The molecule has 1 unspecified atom stereocenters. The average molecular weight is 226 g/mol. The van der Waals surface area contributed by atoms with E-state index in [1.165, 1.54) is 32.5 Å². The summed E-state index contributed by atoms with van der Waals surface area (Å²) < 4.78 is 5.94. The largest absolute Gasteiger partial charge is 0.370 e. The zero-order valence-corrected chi connectivity index (χ0v) is 11.0. The molecule has 2 saturated heterocycles. The van der Waals surface area contributed by atoms with Crippen molar-refractivity contribution in [3.8, 4) is 0 Å². The van der Waals surface area contributed by atoms with Crippen LogP contribution in [0.4, 0.5) is 0 Å². The first kappa shape index (κ1) is 12.3. The molecule has 0 radical (unpaired) electrons. The molecule has 2 rings (SSSR count). The minimum atomic E-state index is 0.0323. The number of hydrogen-bond donors (Lipinski definition) is 1. The van der Waals surface area contributed by atoms with E-state index >= 15 is 0 Å². The lowest BCUT2D eigenvalue weighted by Gasteiger charge is -2.43. The highest BCUT2D eigenvalue weighted by Crippen LogP contribution is 2.23. The minimum Gasteiger partial charge on any atom is -0.370 e. The number of hydrogen-bond acceptors (Lipinski definition) is 3. The summed E-state index contributed by atoms with van der Waals surface area (Å²) in [5, 5.41) is 3.43. The zero-order valence-electron chi connectivity index (χ0n) is 11.0. The second-order valence-electron chi connectivity index (χ2n) is 6.08. The summed E-state index contributed by atoms with van der Waals surface area (Å²) in [5.74, 6) is 0.891. The third kappa shape index (κ3) is 3.44. The Hall–Kier alpha value is -0.120. The van der Waals surface area contributed by atoms with Gasteiger partial charge in [0.15, 0.2) is 0 Å². The van der Waals surface area contributed by atoms with Crippen LogP contribution in [0.25, 0.3) is 0 Å². The molecule has 0 saturated carbocycles. The van der Waals surface area contributed by atoms with Crippen LogP contribution in [0.1, 0.15) is 33.6 Å². The average Bonchev–Trinajstić information content (AvgIpc) is 2.15. The Morgan fingerprint density at radius 1 is 1.31 bits per heavy atom. The normalized spacial score (nSPS) is 32.8. The fourth-order valence-electron chi connectivity index (χ4n) is 3.15. The van der Waals surface area contributed by atoms with Gasteiger partial charge in [-0.05, 0) is 52.6 Å². The molecule has 2 fully saturated rings. The third-order valence-corrected chi connectivity index (χ3v) is 3.62. The Kier molecular flexibility index (Phi) is 3.88. The number of piperidine rings is 1. The Bertz CT molecular complexity index is 224. The highest BCUT2D eigenvalue weighted by molar-refractivity contribution is 4.84. The van der Waals surface area contributed by atoms with Crippen molar-refractivity contribution in [2.45, 2.75) is 45.3 Å². The van der Waals surface area contributed by atoms with Crippen molar-refractivity contribution in [3.63, 3.8) is 0 Å². The molecule has 94 valence electrons. The molecule has 0 amide bonds. The van der Waals surface area contributed by atoms with Gasteiger partial charge in [-0.3, -0.25) is 4.90 Å². The standard InChI is InChI=1S/C13H26N2O/c1-11-8-15(10-13(2,3)16-11)9-12-4-6-14-7-5-12/h11-12,14H,4-10H2,1-3H3. The molecular weight excluding hydrogens is 200 g/mol. The van der Waals surface area contributed by atoms with Crippen molar-refractivity contribution in [1.29, 1.82) is 0 Å². The van der Waals surface area contributed by atoms with Gasteiger partial charge < -0.3 is 10.1 Å². The summed E-state index contributed by atoms with van der Waals surface area (Å²) in [6.07, 6.45) is 3.06. The number of morpholine rings is 1. The highest BCUT2D eigenvalue weighted by Gasteiger charge is 2.32. The molecule has 16 heavy (non-hydrogen) atoms. The van der Waals surface area contributed by atoms with Crippen LogP contribution in [0, 0.1) is 5.92 Å². The zero-order chi connectivity index (χ0) is 11.6. The Balaban J connectivity index is 1.84. The fraction of sp³-hybridized carbons (Fsp3) is 1.00. The number of nitrogens with zero attached hydrogens (tertiary/aromatic N) is 1. The number of ether oxygens (including phenoxy) is 1. The molecule has 0 aromatic carbocycles. The predicted molar refractivity (Wildman–Crippen MR) is 66.7 cm³/mol. The van der Waals surface area contributed by atoms with Gasteiger partial charge in [-0.2, -0.15) is 0 Å². The minimum absolute atomic E-state index is 0.0323. The summed E-state index contributed by atoms with van der Waals surface area (Å²) >= 11 is 0. The van der Waals surface area contributed by atoms with Crippen molar-refractivity contribution in [2.24, 2.45) is 5.92 Å². The number of nitrogens with one attached hydrogen (secondary N) is 1. The van der Waals surface area contributed by atoms with Crippen molar-refractivity contribution in [2.75, 3.05) is 32.7 Å². The first-order valence-electron chi connectivity index (χ1n) is 6.66. The summed E-state index contributed by atoms with van der Waals surface area (Å²) in [5.41, 5.74) is 0.0323. The summed E-state index contributed by atoms with van der Waals surface area (Å²) in [6, 6.07) is 0.